The maximum Gasteiger partial charge on any atom is 0.365 e. The molecule has 0 spiro atoms. The smallest absolute Gasteiger partial charge is 0.313 e. The van der Waals surface area contributed by atoms with Gasteiger partial charge in [0, 0.05) is 0 Å². The van der Waals surface area contributed by atoms with Crippen LogP contribution in [0.5, 0.6) is 0 Å². The highest BCUT2D eigenvalue weighted by Gasteiger charge is 2.15. The van der Waals surface area contributed by atoms with E-state index in [1.165, 1.54) is 0 Å². The van der Waals surface area contributed by atoms with Crippen molar-refractivity contribution in [3.63, 3.8) is 0 Å². The van der Waals surface area contributed by atoms with Crippen LogP contribution >= 0.6 is 0 Å². The molecule has 2 aromatic carbocycles. The van der Waals surface area contributed by atoms with Gasteiger partial charge in [0.25, 0.3) is 0 Å². The minimum atomic E-state index is -0.430. The summed E-state index contributed by atoms with van der Waals surface area (Å²) < 4.78 is 0. The van der Waals surface area contributed by atoms with Crippen molar-refractivity contribution < 1.29 is 9.63 Å². The van der Waals surface area contributed by atoms with E-state index >= 15 is 0 Å². The molecule has 1 aliphatic carbocycles. The van der Waals surface area contributed by atoms with Crippen LogP contribution in [0.4, 0.5) is 0 Å². The van der Waals surface area contributed by atoms with Crippen LogP contribution in [0, 0.1) is 5.92 Å². The first kappa shape index (κ1) is 15.2. The molecule has 3 nitrogen and oxygen atoms in total. The van der Waals surface area contributed by atoms with E-state index in [1.807, 2.05) is 48.5 Å². The van der Waals surface area contributed by atoms with E-state index in [-0.39, 0.29) is 0 Å². The summed E-state index contributed by atoms with van der Waals surface area (Å²) in [5.74, 6) is 0.0328. The monoisotopic (exact) mass is 305 g/mol. The van der Waals surface area contributed by atoms with E-state index in [9.17, 15) is 4.79 Å². The quantitative estimate of drug-likeness (QED) is 0.350. The van der Waals surface area contributed by atoms with Crippen molar-refractivity contribution in [1.29, 1.82) is 0 Å². The van der Waals surface area contributed by atoms with Crippen LogP contribution in [0.25, 0.3) is 0 Å². The molecule has 0 aromatic heterocycles. The second-order valence-electron chi connectivity index (χ2n) is 5.62. The molecule has 0 fully saturated rings. The Hall–Kier alpha value is -2.68. The summed E-state index contributed by atoms with van der Waals surface area (Å²) in [6, 6.07) is 18.8. The van der Waals surface area contributed by atoms with Crippen molar-refractivity contribution in [3.8, 4) is 0 Å². The molecule has 1 atom stereocenters. The van der Waals surface area contributed by atoms with Crippen LogP contribution in [-0.2, 0) is 4.84 Å². The van der Waals surface area contributed by atoms with Crippen molar-refractivity contribution in [2.24, 2.45) is 11.1 Å². The number of carbonyl (C=O) groups excluding carboxylic acids is 1. The van der Waals surface area contributed by atoms with E-state index in [1.54, 1.807) is 12.1 Å². The SMILES string of the molecule is O=C(O/N=C(\CC1C=CCC1)c1ccccc1)c1ccccc1. The number of hydrogen-bond acceptors (Lipinski definition) is 3. The molecular weight excluding hydrogens is 286 g/mol. The predicted octanol–water partition coefficient (Wildman–Crippen LogP) is 4.60. The molecule has 2 aromatic rings. The third kappa shape index (κ3) is 4.16. The first-order chi connectivity index (χ1) is 11.3. The Morgan fingerprint density at radius 2 is 1.65 bits per heavy atom. The lowest BCUT2D eigenvalue weighted by molar-refractivity contribution is 0.0515. The first-order valence-corrected chi connectivity index (χ1v) is 7.88. The summed E-state index contributed by atoms with van der Waals surface area (Å²) in [6.45, 7) is 0. The molecule has 3 heteroatoms. The number of nitrogens with zero attached hydrogens (tertiary/aromatic N) is 1. The van der Waals surface area contributed by atoms with Gasteiger partial charge < -0.3 is 4.84 Å². The maximum atomic E-state index is 12.1. The van der Waals surface area contributed by atoms with Crippen LogP contribution in [0.15, 0.2) is 78.0 Å². The van der Waals surface area contributed by atoms with Crippen LogP contribution in [-0.4, -0.2) is 11.7 Å². The fraction of sp³-hybridized carbons (Fsp3) is 0.200. The lowest BCUT2D eigenvalue weighted by atomic mass is 9.97. The summed E-state index contributed by atoms with van der Waals surface area (Å²) in [4.78, 5) is 17.3. The average molecular weight is 305 g/mol. The second kappa shape index (κ2) is 7.54. The Morgan fingerprint density at radius 3 is 2.26 bits per heavy atom. The predicted molar refractivity (Wildman–Crippen MR) is 91.3 cm³/mol. The highest BCUT2D eigenvalue weighted by molar-refractivity contribution is 6.01. The molecule has 0 heterocycles. The molecule has 0 radical (unpaired) electrons. The van der Waals surface area contributed by atoms with Crippen molar-refractivity contribution in [1.82, 2.24) is 0 Å². The van der Waals surface area contributed by atoms with Crippen LogP contribution in [0.1, 0.15) is 35.2 Å². The summed E-state index contributed by atoms with van der Waals surface area (Å²) in [7, 11) is 0. The fourth-order valence-electron chi connectivity index (χ4n) is 2.68. The molecule has 0 bridgehead atoms. The molecule has 1 aliphatic rings. The molecule has 0 N–H and O–H groups in total. The normalized spacial score (nSPS) is 17.2. The lowest BCUT2D eigenvalue weighted by Crippen LogP contribution is -2.10. The van der Waals surface area contributed by atoms with Gasteiger partial charge in [0.05, 0.1) is 11.3 Å². The molecule has 3 rings (SSSR count). The van der Waals surface area contributed by atoms with Crippen molar-refractivity contribution in [2.75, 3.05) is 0 Å². The molecule has 116 valence electrons. The van der Waals surface area contributed by atoms with E-state index in [0.717, 1.165) is 30.5 Å². The first-order valence-electron chi connectivity index (χ1n) is 7.88. The molecule has 1 unspecified atom stereocenters. The van der Waals surface area contributed by atoms with Gasteiger partial charge in [-0.2, -0.15) is 0 Å². The zero-order valence-corrected chi connectivity index (χ0v) is 12.9. The van der Waals surface area contributed by atoms with Gasteiger partial charge in [0.1, 0.15) is 0 Å². The number of oxime groups is 1. The van der Waals surface area contributed by atoms with E-state index in [2.05, 4.69) is 17.3 Å². The second-order valence-corrected chi connectivity index (χ2v) is 5.62. The lowest BCUT2D eigenvalue weighted by Gasteiger charge is -2.10. The number of hydrogen-bond donors (Lipinski definition) is 0. The average Bonchev–Trinajstić information content (AvgIpc) is 3.13. The topological polar surface area (TPSA) is 38.7 Å². The Balaban J connectivity index is 1.77. The molecule has 0 aliphatic heterocycles. The summed E-state index contributed by atoms with van der Waals surface area (Å²) in [5, 5.41) is 4.17. The van der Waals surface area contributed by atoms with Crippen molar-refractivity contribution in [3.05, 3.63) is 83.9 Å². The van der Waals surface area contributed by atoms with Gasteiger partial charge >= 0.3 is 5.97 Å². The number of carbonyl (C=O) groups is 1. The molecule has 0 saturated carbocycles. The molecular formula is C20H19NO2. The van der Waals surface area contributed by atoms with Crippen molar-refractivity contribution >= 4 is 11.7 Å². The van der Waals surface area contributed by atoms with Gasteiger partial charge in [-0.05, 0) is 42.9 Å². The minimum absolute atomic E-state index is 0.430. The van der Waals surface area contributed by atoms with E-state index in [0.29, 0.717) is 11.5 Å². The fourth-order valence-corrected chi connectivity index (χ4v) is 2.68. The molecule has 0 saturated heterocycles. The highest BCUT2D eigenvalue weighted by Crippen LogP contribution is 2.23. The van der Waals surface area contributed by atoms with Crippen LogP contribution in [0.3, 0.4) is 0 Å². The van der Waals surface area contributed by atoms with Crippen LogP contribution < -0.4 is 0 Å². The summed E-state index contributed by atoms with van der Waals surface area (Å²) in [6.07, 6.45) is 7.43. The van der Waals surface area contributed by atoms with E-state index < -0.39 is 5.97 Å². The largest absolute Gasteiger partial charge is 0.365 e. The zero-order chi connectivity index (χ0) is 15.9. The number of benzene rings is 2. The Labute approximate surface area is 136 Å². The van der Waals surface area contributed by atoms with Gasteiger partial charge in [0.15, 0.2) is 0 Å². The Morgan fingerprint density at radius 1 is 1.00 bits per heavy atom. The Kier molecular flexibility index (Phi) is 4.99. The summed E-state index contributed by atoms with van der Waals surface area (Å²) in [5.41, 5.74) is 2.31. The van der Waals surface area contributed by atoms with Gasteiger partial charge in [-0.3, -0.25) is 0 Å². The Bertz CT molecular complexity index is 705. The highest BCUT2D eigenvalue weighted by atomic mass is 16.7. The number of rotatable bonds is 5. The standard InChI is InChI=1S/C20H19NO2/c22-20(18-13-5-2-6-14-18)23-21-19(15-16-9-7-8-10-16)17-11-3-1-4-12-17/h1-7,9,11-14,16H,8,10,15H2/b21-19+. The third-order valence-electron chi connectivity index (χ3n) is 3.92. The van der Waals surface area contributed by atoms with Crippen molar-refractivity contribution in [2.45, 2.75) is 19.3 Å². The van der Waals surface area contributed by atoms with Gasteiger partial charge in [0.2, 0.25) is 0 Å². The van der Waals surface area contributed by atoms with Gasteiger partial charge in [-0.25, -0.2) is 4.79 Å². The van der Waals surface area contributed by atoms with Gasteiger partial charge in [-0.1, -0.05) is 65.8 Å². The van der Waals surface area contributed by atoms with Crippen LogP contribution in [0.2, 0.25) is 0 Å². The van der Waals surface area contributed by atoms with Gasteiger partial charge in [-0.15, -0.1) is 0 Å². The zero-order valence-electron chi connectivity index (χ0n) is 12.9. The van der Waals surface area contributed by atoms with E-state index in [4.69, 9.17) is 4.84 Å². The molecule has 0 amide bonds. The minimum Gasteiger partial charge on any atom is -0.313 e. The maximum absolute atomic E-state index is 12.1. The molecule has 23 heavy (non-hydrogen) atoms. The third-order valence-corrected chi connectivity index (χ3v) is 3.92. The number of allylic oxidation sites excluding steroid dienone is 2. The summed E-state index contributed by atoms with van der Waals surface area (Å²) >= 11 is 0.